The van der Waals surface area contributed by atoms with Crippen molar-refractivity contribution >= 4 is 6.03 Å². The number of hydrogen-bond acceptors (Lipinski definition) is 2. The van der Waals surface area contributed by atoms with Gasteiger partial charge in [-0.3, -0.25) is 0 Å². The second kappa shape index (κ2) is 5.61. The average Bonchev–Trinajstić information content (AvgIpc) is 2.99. The molecule has 1 atom stereocenters. The third-order valence-electron chi connectivity index (χ3n) is 4.07. The first-order valence-corrected chi connectivity index (χ1v) is 7.18. The summed E-state index contributed by atoms with van der Waals surface area (Å²) in [7, 11) is 0. The molecule has 0 spiro atoms. The van der Waals surface area contributed by atoms with Crippen LogP contribution in [0.1, 0.15) is 30.0 Å². The van der Waals surface area contributed by atoms with Crippen molar-refractivity contribution in [1.29, 1.82) is 0 Å². The molecular formula is C15H21N3O. The van der Waals surface area contributed by atoms with Crippen LogP contribution in [-0.2, 0) is 6.42 Å². The van der Waals surface area contributed by atoms with E-state index in [1.54, 1.807) is 0 Å². The zero-order valence-corrected chi connectivity index (χ0v) is 11.2. The van der Waals surface area contributed by atoms with Gasteiger partial charge in [0.05, 0.1) is 0 Å². The maximum atomic E-state index is 12.0. The highest BCUT2D eigenvalue weighted by Gasteiger charge is 2.22. The van der Waals surface area contributed by atoms with Crippen molar-refractivity contribution in [1.82, 2.24) is 15.5 Å². The molecule has 0 saturated carbocycles. The summed E-state index contributed by atoms with van der Waals surface area (Å²) in [5.74, 6) is 0. The number of carbonyl (C=O) groups is 1. The fourth-order valence-electron chi connectivity index (χ4n) is 3.00. The highest BCUT2D eigenvalue weighted by Crippen LogP contribution is 2.21. The second-order valence-electron chi connectivity index (χ2n) is 5.34. The van der Waals surface area contributed by atoms with Gasteiger partial charge in [0.1, 0.15) is 0 Å². The first-order valence-electron chi connectivity index (χ1n) is 7.18. The average molecular weight is 259 g/mol. The van der Waals surface area contributed by atoms with E-state index in [9.17, 15) is 4.79 Å². The molecule has 1 saturated heterocycles. The minimum Gasteiger partial charge on any atom is -0.336 e. The maximum Gasteiger partial charge on any atom is 0.317 e. The number of amides is 2. The molecule has 0 radical (unpaired) electrons. The summed E-state index contributed by atoms with van der Waals surface area (Å²) in [6.45, 7) is 3.47. The molecule has 19 heavy (non-hydrogen) atoms. The highest BCUT2D eigenvalue weighted by molar-refractivity contribution is 5.74. The van der Waals surface area contributed by atoms with Gasteiger partial charge in [-0.1, -0.05) is 24.3 Å². The molecule has 102 valence electrons. The Labute approximate surface area is 114 Å². The summed E-state index contributed by atoms with van der Waals surface area (Å²) in [6.07, 6.45) is 3.35. The number of urea groups is 1. The Hall–Kier alpha value is -1.55. The number of hydrogen-bond donors (Lipinski definition) is 2. The van der Waals surface area contributed by atoms with Crippen LogP contribution in [0.25, 0.3) is 0 Å². The van der Waals surface area contributed by atoms with E-state index in [1.165, 1.54) is 11.1 Å². The fourth-order valence-corrected chi connectivity index (χ4v) is 3.00. The van der Waals surface area contributed by atoms with Crippen LogP contribution < -0.4 is 10.6 Å². The van der Waals surface area contributed by atoms with Crippen LogP contribution in [0.2, 0.25) is 0 Å². The Morgan fingerprint density at radius 1 is 1.32 bits per heavy atom. The minimum absolute atomic E-state index is 0.0855. The normalized spacial score (nSPS) is 22.1. The number of fused-ring (bicyclic) bond motifs is 1. The van der Waals surface area contributed by atoms with E-state index >= 15 is 0 Å². The van der Waals surface area contributed by atoms with Crippen LogP contribution in [0.15, 0.2) is 24.3 Å². The van der Waals surface area contributed by atoms with E-state index in [0.29, 0.717) is 6.54 Å². The van der Waals surface area contributed by atoms with Gasteiger partial charge in [-0.05, 0) is 36.9 Å². The van der Waals surface area contributed by atoms with E-state index in [4.69, 9.17) is 0 Å². The van der Waals surface area contributed by atoms with Gasteiger partial charge in [0.15, 0.2) is 0 Å². The van der Waals surface area contributed by atoms with Crippen molar-refractivity contribution in [2.45, 2.75) is 25.3 Å². The summed E-state index contributed by atoms with van der Waals surface area (Å²) in [5, 5.41) is 6.55. The van der Waals surface area contributed by atoms with E-state index in [2.05, 4.69) is 34.9 Å². The van der Waals surface area contributed by atoms with Gasteiger partial charge in [0.2, 0.25) is 0 Å². The maximum absolute atomic E-state index is 12.0. The number of carbonyl (C=O) groups excluding carboxylic acids is 1. The van der Waals surface area contributed by atoms with Crippen molar-refractivity contribution in [2.75, 3.05) is 26.2 Å². The number of rotatable bonds is 2. The predicted octanol–water partition coefficient (Wildman–Crippen LogP) is 1.68. The molecular weight excluding hydrogens is 238 g/mol. The smallest absolute Gasteiger partial charge is 0.317 e. The van der Waals surface area contributed by atoms with Gasteiger partial charge in [-0.2, -0.15) is 0 Å². The lowest BCUT2D eigenvalue weighted by Gasteiger charge is -2.28. The summed E-state index contributed by atoms with van der Waals surface area (Å²) < 4.78 is 0. The zero-order valence-electron chi connectivity index (χ0n) is 11.2. The molecule has 3 rings (SSSR count). The van der Waals surface area contributed by atoms with Crippen LogP contribution in [0.3, 0.4) is 0 Å². The van der Waals surface area contributed by atoms with Crippen LogP contribution in [0.5, 0.6) is 0 Å². The van der Waals surface area contributed by atoms with E-state index in [1.807, 2.05) is 4.90 Å². The molecule has 0 bridgehead atoms. The molecule has 0 aliphatic carbocycles. The molecule has 1 unspecified atom stereocenters. The van der Waals surface area contributed by atoms with Crippen molar-refractivity contribution in [3.05, 3.63) is 35.4 Å². The SMILES string of the molecule is O=C(NCC1NCCc2ccccc21)N1CCCC1. The quantitative estimate of drug-likeness (QED) is 0.848. The van der Waals surface area contributed by atoms with Crippen LogP contribution >= 0.6 is 0 Å². The van der Waals surface area contributed by atoms with E-state index in [-0.39, 0.29) is 12.1 Å². The second-order valence-corrected chi connectivity index (χ2v) is 5.34. The molecule has 0 aromatic heterocycles. The monoisotopic (exact) mass is 259 g/mol. The zero-order chi connectivity index (χ0) is 13.1. The Kier molecular flexibility index (Phi) is 3.69. The molecule has 2 aliphatic heterocycles. The lowest BCUT2D eigenvalue weighted by atomic mass is 9.94. The number of likely N-dealkylation sites (tertiary alicyclic amines) is 1. The van der Waals surface area contributed by atoms with Crippen LogP contribution in [-0.4, -0.2) is 37.1 Å². The number of nitrogens with zero attached hydrogens (tertiary/aromatic N) is 1. The largest absolute Gasteiger partial charge is 0.336 e. The summed E-state index contributed by atoms with van der Waals surface area (Å²) in [5.41, 5.74) is 2.73. The van der Waals surface area contributed by atoms with Gasteiger partial charge >= 0.3 is 6.03 Å². The number of nitrogens with one attached hydrogen (secondary N) is 2. The lowest BCUT2D eigenvalue weighted by molar-refractivity contribution is 0.207. The van der Waals surface area contributed by atoms with E-state index < -0.39 is 0 Å². The predicted molar refractivity (Wildman–Crippen MR) is 75.1 cm³/mol. The standard InChI is InChI=1S/C15H21N3O/c19-15(18-9-3-4-10-18)17-11-14-13-6-2-1-5-12(13)7-8-16-14/h1-2,5-6,14,16H,3-4,7-11H2,(H,17,19). The first kappa shape index (κ1) is 12.5. The van der Waals surface area contributed by atoms with Crippen LogP contribution in [0, 0.1) is 0 Å². The number of benzene rings is 1. The molecule has 1 fully saturated rings. The van der Waals surface area contributed by atoms with Crippen molar-refractivity contribution < 1.29 is 4.79 Å². The summed E-state index contributed by atoms with van der Waals surface area (Å²) >= 11 is 0. The van der Waals surface area contributed by atoms with Gasteiger partial charge in [-0.15, -0.1) is 0 Å². The Morgan fingerprint density at radius 2 is 2.11 bits per heavy atom. The van der Waals surface area contributed by atoms with Crippen molar-refractivity contribution in [2.24, 2.45) is 0 Å². The third kappa shape index (κ3) is 2.73. The van der Waals surface area contributed by atoms with Crippen molar-refractivity contribution in [3.63, 3.8) is 0 Å². The van der Waals surface area contributed by atoms with Gasteiger partial charge in [0.25, 0.3) is 0 Å². The van der Waals surface area contributed by atoms with E-state index in [0.717, 1.165) is 38.9 Å². The Morgan fingerprint density at radius 3 is 2.95 bits per heavy atom. The fraction of sp³-hybridized carbons (Fsp3) is 0.533. The molecule has 2 aliphatic rings. The molecule has 4 heteroatoms. The lowest BCUT2D eigenvalue weighted by Crippen LogP contribution is -2.43. The van der Waals surface area contributed by atoms with Crippen LogP contribution in [0.4, 0.5) is 4.79 Å². The molecule has 2 heterocycles. The Bertz CT molecular complexity index is 454. The van der Waals surface area contributed by atoms with Gasteiger partial charge < -0.3 is 15.5 Å². The summed E-state index contributed by atoms with van der Waals surface area (Å²) in [4.78, 5) is 13.9. The summed E-state index contributed by atoms with van der Waals surface area (Å²) in [6, 6.07) is 8.84. The van der Waals surface area contributed by atoms with Gasteiger partial charge in [0, 0.05) is 25.7 Å². The highest BCUT2D eigenvalue weighted by atomic mass is 16.2. The van der Waals surface area contributed by atoms with Crippen molar-refractivity contribution in [3.8, 4) is 0 Å². The van der Waals surface area contributed by atoms with Gasteiger partial charge in [-0.25, -0.2) is 4.79 Å². The molecule has 2 amide bonds. The topological polar surface area (TPSA) is 44.4 Å². The molecule has 1 aromatic rings. The molecule has 2 N–H and O–H groups in total. The molecule has 1 aromatic carbocycles. The first-order chi connectivity index (χ1) is 9.34. The third-order valence-corrected chi connectivity index (χ3v) is 4.07. The molecule has 4 nitrogen and oxygen atoms in total. The minimum atomic E-state index is 0.0855. The Balaban J connectivity index is 1.60.